The molecule has 8 rings (SSSR count). The molecule has 5 aromatic carbocycles. The number of halogens is 2. The van der Waals surface area contributed by atoms with E-state index in [0.29, 0.717) is 5.75 Å². The fraction of sp³-hybridized carbons (Fsp3) is 0.375. The second-order valence-corrected chi connectivity index (χ2v) is 15.5. The summed E-state index contributed by atoms with van der Waals surface area (Å²) in [4.78, 5) is 11.8. The van der Waals surface area contributed by atoms with Gasteiger partial charge in [0.25, 0.3) is 0 Å². The highest BCUT2D eigenvalue weighted by Gasteiger charge is 2.47. The zero-order chi connectivity index (χ0) is 37.8. The molecule has 55 heavy (non-hydrogen) atoms. The Kier molecular flexibility index (Phi) is 10.9. The van der Waals surface area contributed by atoms with Gasteiger partial charge in [0, 0.05) is 11.5 Å². The topological polar surface area (TPSA) is 46.2 Å². The number of rotatable bonds is 13. The summed E-state index contributed by atoms with van der Waals surface area (Å²) < 4.78 is 49.6. The van der Waals surface area contributed by atoms with Gasteiger partial charge in [0.1, 0.15) is 18.1 Å². The van der Waals surface area contributed by atoms with E-state index in [1.165, 1.54) is 64.9 Å². The molecule has 2 aliphatic carbocycles. The minimum Gasteiger partial charge on any atom is -0.464 e. The molecular weight excluding hydrogens is 695 g/mol. The molecule has 1 heterocycles. The Labute approximate surface area is 323 Å². The predicted molar refractivity (Wildman–Crippen MR) is 210 cm³/mol. The third-order valence-corrected chi connectivity index (χ3v) is 11.7. The molecule has 0 saturated carbocycles. The molecule has 286 valence electrons. The molecule has 2 unspecified atom stereocenters. The first-order valence-corrected chi connectivity index (χ1v) is 20.0. The summed E-state index contributed by atoms with van der Waals surface area (Å²) in [7, 11) is 0. The molecule has 0 N–H and O–H groups in total. The van der Waals surface area contributed by atoms with Crippen molar-refractivity contribution in [3.63, 3.8) is 0 Å². The normalized spacial score (nSPS) is 20.0. The van der Waals surface area contributed by atoms with Crippen LogP contribution in [0.2, 0.25) is 0 Å². The first-order chi connectivity index (χ1) is 26.8. The number of hydrogen-bond donors (Lipinski definition) is 0. The van der Waals surface area contributed by atoms with E-state index in [-0.39, 0.29) is 29.9 Å². The van der Waals surface area contributed by atoms with Crippen molar-refractivity contribution in [2.24, 2.45) is 0 Å². The molecule has 0 fully saturated rings. The number of unbranched alkanes of at least 4 members (excludes halogenated alkanes) is 2. The van der Waals surface area contributed by atoms with Crippen LogP contribution in [0.25, 0.3) is 0 Å². The summed E-state index contributed by atoms with van der Waals surface area (Å²) in [5.74, 6) is 1.31. The number of alkyl halides is 2. The van der Waals surface area contributed by atoms with Crippen molar-refractivity contribution in [3.05, 3.63) is 160 Å². The summed E-state index contributed by atoms with van der Waals surface area (Å²) in [6.45, 7) is 4.33. The molecule has 7 heteroatoms. The Morgan fingerprint density at radius 1 is 0.727 bits per heavy atom. The van der Waals surface area contributed by atoms with E-state index in [4.69, 9.17) is 24.0 Å². The number of aryl methyl sites for hydroxylation is 3. The van der Waals surface area contributed by atoms with Crippen LogP contribution in [0, 0.1) is 0 Å². The molecular formula is C48H50F2O5. The van der Waals surface area contributed by atoms with E-state index in [0.717, 1.165) is 68.2 Å². The summed E-state index contributed by atoms with van der Waals surface area (Å²) in [6.07, 6.45) is 6.20. The third-order valence-electron chi connectivity index (χ3n) is 11.7. The van der Waals surface area contributed by atoms with Crippen molar-refractivity contribution < 1.29 is 32.8 Å². The van der Waals surface area contributed by atoms with Crippen LogP contribution in [0.15, 0.2) is 115 Å². The van der Waals surface area contributed by atoms with Crippen molar-refractivity contribution in [1.82, 2.24) is 0 Å². The van der Waals surface area contributed by atoms with Crippen molar-refractivity contribution in [1.29, 1.82) is 0 Å². The first-order valence-electron chi connectivity index (χ1n) is 20.0. The van der Waals surface area contributed by atoms with Gasteiger partial charge in [-0.15, -0.1) is 0 Å². The van der Waals surface area contributed by atoms with Gasteiger partial charge in [0.2, 0.25) is 6.29 Å². The number of fused-ring (bicyclic) bond motifs is 7. The molecule has 0 bridgehead atoms. The van der Waals surface area contributed by atoms with Gasteiger partial charge in [-0.2, -0.15) is 13.7 Å². The van der Waals surface area contributed by atoms with Gasteiger partial charge in [-0.3, -0.25) is 0 Å². The SMILES string of the molecule is CCCCCc1ccc(C(F)(F)Oc2ccc(OOC[C@@](C)(c3ccccc3)C3Oc4ccc5c(c4[C@H]4c6ccccc6CCC4O3)CCCC5)cc2)cc1. The monoisotopic (exact) mass is 744 g/mol. The number of ether oxygens (including phenoxy) is 3. The molecule has 0 radical (unpaired) electrons. The lowest BCUT2D eigenvalue weighted by Crippen LogP contribution is -2.48. The summed E-state index contributed by atoms with van der Waals surface area (Å²) in [5.41, 5.74) is 7.85. The Bertz CT molecular complexity index is 2050. The number of benzene rings is 5. The van der Waals surface area contributed by atoms with Crippen molar-refractivity contribution in [3.8, 4) is 17.2 Å². The molecule has 0 spiro atoms. The quantitative estimate of drug-likeness (QED) is 0.0682. The van der Waals surface area contributed by atoms with Crippen LogP contribution in [0.3, 0.4) is 0 Å². The third kappa shape index (κ3) is 7.87. The average molecular weight is 745 g/mol. The van der Waals surface area contributed by atoms with E-state index in [1.807, 2.05) is 18.2 Å². The van der Waals surface area contributed by atoms with Gasteiger partial charge >= 0.3 is 6.11 Å². The van der Waals surface area contributed by atoms with Crippen molar-refractivity contribution >= 4 is 0 Å². The largest absolute Gasteiger partial charge is 0.464 e. The van der Waals surface area contributed by atoms with Crippen LogP contribution in [-0.4, -0.2) is 19.0 Å². The van der Waals surface area contributed by atoms with E-state index in [1.54, 1.807) is 24.3 Å². The summed E-state index contributed by atoms with van der Waals surface area (Å²) in [6, 6.07) is 35.7. The van der Waals surface area contributed by atoms with E-state index < -0.39 is 17.8 Å². The zero-order valence-electron chi connectivity index (χ0n) is 31.8. The van der Waals surface area contributed by atoms with Crippen LogP contribution in [0.1, 0.15) is 103 Å². The van der Waals surface area contributed by atoms with E-state index >= 15 is 8.78 Å². The average Bonchev–Trinajstić information content (AvgIpc) is 3.40. The molecule has 3 aliphatic rings. The smallest absolute Gasteiger partial charge is 0.426 e. The maximum absolute atomic E-state index is 15.1. The molecule has 0 aromatic heterocycles. The lowest BCUT2D eigenvalue weighted by Gasteiger charge is -2.39. The van der Waals surface area contributed by atoms with Crippen LogP contribution < -0.4 is 14.4 Å². The fourth-order valence-corrected chi connectivity index (χ4v) is 8.62. The lowest BCUT2D eigenvalue weighted by molar-refractivity contribution is -0.247. The van der Waals surface area contributed by atoms with Gasteiger partial charge in [-0.1, -0.05) is 92.6 Å². The highest BCUT2D eigenvalue weighted by molar-refractivity contribution is 5.55. The molecule has 0 saturated heterocycles. The molecule has 1 aliphatic heterocycles. The van der Waals surface area contributed by atoms with Gasteiger partial charge in [0.15, 0.2) is 5.75 Å². The van der Waals surface area contributed by atoms with Crippen molar-refractivity contribution in [2.75, 3.05) is 6.61 Å². The molecule has 5 nitrogen and oxygen atoms in total. The lowest BCUT2D eigenvalue weighted by atomic mass is 9.73. The van der Waals surface area contributed by atoms with Gasteiger partial charge in [0.05, 0.1) is 17.1 Å². The maximum atomic E-state index is 15.1. The Balaban J connectivity index is 1.00. The Morgan fingerprint density at radius 3 is 2.27 bits per heavy atom. The van der Waals surface area contributed by atoms with Gasteiger partial charge in [-0.05, 0) is 134 Å². The standard InChI is InChI=1S/C48H50F2O5/c1-3-4-6-13-33-20-24-37(25-21-33)48(49,50)54-38-26-28-39(29-27-38)55-51-32-47(2,36-16-7-5-8-17-36)46-52-42-30-22-34-14-9-11-18-40(34)44(42)45-41-19-12-10-15-35(41)23-31-43(45)53-46/h5,7-9,11,14,16-18,20-21,23-29,31,42,44,46H,3-4,6,10,12-13,15,19,22,30,32H2,1-2H3/t42?,44-,46?,47-/m0/s1. The minimum absolute atomic E-state index is 0.0169. The predicted octanol–water partition coefficient (Wildman–Crippen LogP) is 11.6. The van der Waals surface area contributed by atoms with Crippen LogP contribution >= 0.6 is 0 Å². The Hall–Kier alpha value is -4.72. The van der Waals surface area contributed by atoms with Crippen LogP contribution in [-0.2, 0) is 46.8 Å². The first kappa shape index (κ1) is 37.2. The molecule has 5 aromatic rings. The highest BCUT2D eigenvalue weighted by atomic mass is 19.3. The second-order valence-electron chi connectivity index (χ2n) is 15.5. The highest BCUT2D eigenvalue weighted by Crippen LogP contribution is 2.50. The van der Waals surface area contributed by atoms with Crippen molar-refractivity contribution in [2.45, 2.75) is 108 Å². The van der Waals surface area contributed by atoms with E-state index in [9.17, 15) is 0 Å². The molecule has 0 amide bonds. The summed E-state index contributed by atoms with van der Waals surface area (Å²) in [5, 5.41) is 0. The van der Waals surface area contributed by atoms with Crippen LogP contribution in [0.4, 0.5) is 8.78 Å². The van der Waals surface area contributed by atoms with Gasteiger partial charge < -0.3 is 19.1 Å². The number of hydrogen-bond acceptors (Lipinski definition) is 5. The molecule has 4 atom stereocenters. The summed E-state index contributed by atoms with van der Waals surface area (Å²) >= 11 is 0. The van der Waals surface area contributed by atoms with Gasteiger partial charge in [-0.25, -0.2) is 0 Å². The van der Waals surface area contributed by atoms with Crippen LogP contribution in [0.5, 0.6) is 17.2 Å². The van der Waals surface area contributed by atoms with E-state index in [2.05, 4.69) is 62.4 Å². The Morgan fingerprint density at radius 2 is 1.47 bits per heavy atom. The minimum atomic E-state index is -3.49. The maximum Gasteiger partial charge on any atom is 0.426 e. The second kappa shape index (κ2) is 16.2. The fourth-order valence-electron chi connectivity index (χ4n) is 8.62. The zero-order valence-corrected chi connectivity index (χ0v) is 31.8.